The highest BCUT2D eigenvalue weighted by molar-refractivity contribution is 4.69. The molecule has 0 bridgehead atoms. The van der Waals surface area contributed by atoms with Gasteiger partial charge < -0.3 is 10.4 Å². The Balaban J connectivity index is 2.97. The predicted octanol–water partition coefficient (Wildman–Crippen LogP) is 0.508. The van der Waals surface area contributed by atoms with E-state index in [1.165, 1.54) is 0 Å². The van der Waals surface area contributed by atoms with Crippen molar-refractivity contribution in [3.8, 4) is 6.07 Å². The average Bonchev–Trinajstić information content (AvgIpc) is 2.04. The molecule has 1 atom stereocenters. The maximum absolute atomic E-state index is 8.65. The van der Waals surface area contributed by atoms with Gasteiger partial charge in [-0.1, -0.05) is 6.92 Å². The van der Waals surface area contributed by atoms with Crippen LogP contribution in [0.25, 0.3) is 0 Å². The van der Waals surface area contributed by atoms with Crippen LogP contribution in [0.4, 0.5) is 0 Å². The number of aliphatic hydroxyl groups is 1. The molecule has 0 aliphatic carbocycles. The van der Waals surface area contributed by atoms with Crippen LogP contribution in [0, 0.1) is 17.2 Å². The summed E-state index contributed by atoms with van der Waals surface area (Å²) < 4.78 is 0. The summed E-state index contributed by atoms with van der Waals surface area (Å²) in [7, 11) is 0. The number of hydrogen-bond acceptors (Lipinski definition) is 3. The standard InChI is InChI=1S/C8H16N2O/c1-8(7-11)6-10-5-3-2-4-9/h8,10-11H,2-3,5-7H2,1H3. The van der Waals surface area contributed by atoms with Crippen LogP contribution >= 0.6 is 0 Å². The minimum atomic E-state index is 0.227. The van der Waals surface area contributed by atoms with Crippen LogP contribution in [0.3, 0.4) is 0 Å². The first-order chi connectivity index (χ1) is 5.31. The van der Waals surface area contributed by atoms with Crippen molar-refractivity contribution in [1.29, 1.82) is 5.26 Å². The van der Waals surface area contributed by atoms with Crippen molar-refractivity contribution < 1.29 is 5.11 Å². The Labute approximate surface area is 68.0 Å². The normalized spacial score (nSPS) is 12.5. The number of nitrogens with zero attached hydrogens (tertiary/aromatic N) is 1. The van der Waals surface area contributed by atoms with E-state index in [2.05, 4.69) is 11.4 Å². The molecule has 0 amide bonds. The van der Waals surface area contributed by atoms with Gasteiger partial charge in [0.15, 0.2) is 0 Å². The van der Waals surface area contributed by atoms with Gasteiger partial charge in [-0.2, -0.15) is 5.26 Å². The maximum Gasteiger partial charge on any atom is 0.0622 e. The van der Waals surface area contributed by atoms with Gasteiger partial charge in [0.25, 0.3) is 0 Å². The zero-order valence-electron chi connectivity index (χ0n) is 7.01. The third-order valence-corrected chi connectivity index (χ3v) is 1.45. The molecule has 0 saturated carbocycles. The fourth-order valence-corrected chi connectivity index (χ4v) is 0.705. The number of unbranched alkanes of at least 4 members (excludes halogenated alkanes) is 1. The second kappa shape index (κ2) is 7.52. The molecule has 0 aromatic carbocycles. The molecule has 0 saturated heterocycles. The number of aliphatic hydroxyl groups excluding tert-OH is 1. The fraction of sp³-hybridized carbons (Fsp3) is 0.875. The lowest BCUT2D eigenvalue weighted by molar-refractivity contribution is 0.234. The van der Waals surface area contributed by atoms with Gasteiger partial charge in [-0.05, 0) is 25.4 Å². The summed E-state index contributed by atoms with van der Waals surface area (Å²) in [6.45, 7) is 3.92. The molecule has 64 valence electrons. The first-order valence-electron chi connectivity index (χ1n) is 3.99. The van der Waals surface area contributed by atoms with Crippen molar-refractivity contribution in [3.63, 3.8) is 0 Å². The summed E-state index contributed by atoms with van der Waals surface area (Å²) in [6.07, 6.45) is 1.51. The summed E-state index contributed by atoms with van der Waals surface area (Å²) in [5.74, 6) is 0.317. The molecule has 1 unspecified atom stereocenters. The minimum Gasteiger partial charge on any atom is -0.396 e. The Morgan fingerprint density at radius 1 is 1.64 bits per heavy atom. The molecule has 2 N–H and O–H groups in total. The highest BCUT2D eigenvalue weighted by Crippen LogP contribution is 1.89. The van der Waals surface area contributed by atoms with E-state index in [4.69, 9.17) is 10.4 Å². The summed E-state index contributed by atoms with van der Waals surface area (Å²) in [4.78, 5) is 0. The van der Waals surface area contributed by atoms with Gasteiger partial charge in [0.1, 0.15) is 0 Å². The van der Waals surface area contributed by atoms with Crippen molar-refractivity contribution in [2.75, 3.05) is 19.7 Å². The van der Waals surface area contributed by atoms with Gasteiger partial charge in [0, 0.05) is 13.0 Å². The van der Waals surface area contributed by atoms with E-state index >= 15 is 0 Å². The number of hydrogen-bond donors (Lipinski definition) is 2. The van der Waals surface area contributed by atoms with E-state index in [0.29, 0.717) is 12.3 Å². The van der Waals surface area contributed by atoms with Crippen LogP contribution in [-0.2, 0) is 0 Å². The lowest BCUT2D eigenvalue weighted by Crippen LogP contribution is -2.23. The molecule has 0 aromatic heterocycles. The lowest BCUT2D eigenvalue weighted by Gasteiger charge is -2.07. The summed E-state index contributed by atoms with van der Waals surface area (Å²) in [5, 5.41) is 20.0. The minimum absolute atomic E-state index is 0.227. The summed E-state index contributed by atoms with van der Waals surface area (Å²) in [5.41, 5.74) is 0. The molecule has 0 spiro atoms. The third kappa shape index (κ3) is 7.31. The van der Waals surface area contributed by atoms with Gasteiger partial charge in [-0.3, -0.25) is 0 Å². The zero-order chi connectivity index (χ0) is 8.53. The van der Waals surface area contributed by atoms with E-state index in [1.54, 1.807) is 0 Å². The number of rotatable bonds is 6. The Bertz CT molecular complexity index is 120. The van der Waals surface area contributed by atoms with E-state index < -0.39 is 0 Å². The fourth-order valence-electron chi connectivity index (χ4n) is 0.705. The van der Waals surface area contributed by atoms with Crippen LogP contribution in [0.1, 0.15) is 19.8 Å². The average molecular weight is 156 g/mol. The first kappa shape index (κ1) is 10.4. The Morgan fingerprint density at radius 3 is 2.91 bits per heavy atom. The highest BCUT2D eigenvalue weighted by atomic mass is 16.3. The zero-order valence-corrected chi connectivity index (χ0v) is 7.01. The molecule has 0 fully saturated rings. The van der Waals surface area contributed by atoms with Crippen molar-refractivity contribution in [3.05, 3.63) is 0 Å². The van der Waals surface area contributed by atoms with E-state index in [-0.39, 0.29) is 6.61 Å². The lowest BCUT2D eigenvalue weighted by atomic mass is 10.2. The van der Waals surface area contributed by atoms with E-state index in [9.17, 15) is 0 Å². The topological polar surface area (TPSA) is 56.0 Å². The number of nitrogens with one attached hydrogen (secondary N) is 1. The van der Waals surface area contributed by atoms with Crippen molar-refractivity contribution in [2.45, 2.75) is 19.8 Å². The number of nitriles is 1. The largest absolute Gasteiger partial charge is 0.396 e. The molecule has 3 heteroatoms. The van der Waals surface area contributed by atoms with Crippen molar-refractivity contribution in [2.24, 2.45) is 5.92 Å². The van der Waals surface area contributed by atoms with Crippen LogP contribution < -0.4 is 5.32 Å². The van der Waals surface area contributed by atoms with Crippen LogP contribution in [-0.4, -0.2) is 24.8 Å². The molecule has 11 heavy (non-hydrogen) atoms. The van der Waals surface area contributed by atoms with Crippen LogP contribution in [0.5, 0.6) is 0 Å². The van der Waals surface area contributed by atoms with Crippen molar-refractivity contribution in [1.82, 2.24) is 5.32 Å². The van der Waals surface area contributed by atoms with E-state index in [0.717, 1.165) is 19.5 Å². The van der Waals surface area contributed by atoms with Gasteiger partial charge in [-0.15, -0.1) is 0 Å². The van der Waals surface area contributed by atoms with Gasteiger partial charge >= 0.3 is 0 Å². The molecule has 0 aliphatic heterocycles. The third-order valence-electron chi connectivity index (χ3n) is 1.45. The van der Waals surface area contributed by atoms with Crippen molar-refractivity contribution >= 4 is 0 Å². The second-order valence-corrected chi connectivity index (χ2v) is 2.75. The SMILES string of the molecule is CC(CO)CNCCCC#N. The molecular weight excluding hydrogens is 140 g/mol. The molecular formula is C8H16N2O. The summed E-state index contributed by atoms with van der Waals surface area (Å²) in [6, 6.07) is 2.08. The second-order valence-electron chi connectivity index (χ2n) is 2.75. The van der Waals surface area contributed by atoms with Crippen LogP contribution in [0.15, 0.2) is 0 Å². The Morgan fingerprint density at radius 2 is 2.36 bits per heavy atom. The summed E-state index contributed by atoms with van der Waals surface area (Å²) >= 11 is 0. The smallest absolute Gasteiger partial charge is 0.0622 e. The molecule has 0 rings (SSSR count). The molecule has 0 aliphatic rings. The van der Waals surface area contributed by atoms with E-state index in [1.807, 2.05) is 6.92 Å². The molecule has 3 nitrogen and oxygen atoms in total. The Hall–Kier alpha value is -0.590. The van der Waals surface area contributed by atoms with Gasteiger partial charge in [-0.25, -0.2) is 0 Å². The quantitative estimate of drug-likeness (QED) is 0.551. The predicted molar refractivity (Wildman–Crippen MR) is 44.0 cm³/mol. The molecule has 0 heterocycles. The molecule has 0 aromatic rings. The Kier molecular flexibility index (Phi) is 7.11. The van der Waals surface area contributed by atoms with Crippen LogP contribution in [0.2, 0.25) is 0 Å². The highest BCUT2D eigenvalue weighted by Gasteiger charge is 1.96. The first-order valence-corrected chi connectivity index (χ1v) is 3.99. The molecule has 0 radical (unpaired) electrons. The maximum atomic E-state index is 8.65. The monoisotopic (exact) mass is 156 g/mol. The van der Waals surface area contributed by atoms with Gasteiger partial charge in [0.2, 0.25) is 0 Å². The van der Waals surface area contributed by atoms with Gasteiger partial charge in [0.05, 0.1) is 6.07 Å².